The zero-order valence-electron chi connectivity index (χ0n) is 32.4. The first-order chi connectivity index (χ1) is 25.0. The van der Waals surface area contributed by atoms with E-state index in [4.69, 9.17) is 41.4 Å². The maximum atomic E-state index is 7.42. The molecule has 0 bridgehead atoms. The van der Waals surface area contributed by atoms with E-state index in [1.54, 1.807) is 0 Å². The van der Waals surface area contributed by atoms with Crippen LogP contribution < -0.4 is 0 Å². The number of benzene rings is 1. The molecule has 11 heteroatoms. The van der Waals surface area contributed by atoms with Crippen LogP contribution in [-0.2, 0) is 48.0 Å². The summed E-state index contributed by atoms with van der Waals surface area (Å²) in [6.07, 6.45) is 12.5. The summed E-state index contributed by atoms with van der Waals surface area (Å²) in [5.41, 5.74) is 2.13. The van der Waals surface area contributed by atoms with Crippen LogP contribution in [0.5, 0.6) is 0 Å². The molecule has 9 nitrogen and oxygen atoms in total. The third-order valence-corrected chi connectivity index (χ3v) is 22.3. The lowest BCUT2D eigenvalue weighted by atomic mass is 9.87. The van der Waals surface area contributed by atoms with Crippen molar-refractivity contribution in [3.8, 4) is 0 Å². The molecule has 0 aromatic heterocycles. The molecular weight excluding hydrogens is 693 g/mol. The Morgan fingerprint density at radius 3 is 2.02 bits per heavy atom. The van der Waals surface area contributed by atoms with Crippen molar-refractivity contribution in [2.45, 2.75) is 171 Å². The van der Waals surface area contributed by atoms with Gasteiger partial charge >= 0.3 is 17.1 Å². The monoisotopic (exact) mass is 754 g/mol. The van der Waals surface area contributed by atoms with Gasteiger partial charge in [-0.3, -0.25) is 0 Å². The average molecular weight is 755 g/mol. The van der Waals surface area contributed by atoms with Crippen molar-refractivity contribution in [3.63, 3.8) is 0 Å². The molecular formula is C41H62O9Si2. The summed E-state index contributed by atoms with van der Waals surface area (Å²) in [6, 6.07) is 10.3. The lowest BCUT2D eigenvalue weighted by Crippen LogP contribution is -2.65. The highest BCUT2D eigenvalue weighted by molar-refractivity contribution is 6.84. The molecule has 6 aliphatic heterocycles. The Kier molecular flexibility index (Phi) is 12.2. The van der Waals surface area contributed by atoms with Gasteiger partial charge in [0.05, 0.1) is 50.3 Å². The van der Waals surface area contributed by atoms with Crippen LogP contribution >= 0.6 is 0 Å². The van der Waals surface area contributed by atoms with E-state index < -0.39 is 17.1 Å². The second kappa shape index (κ2) is 16.3. The summed E-state index contributed by atoms with van der Waals surface area (Å²) in [6.45, 7) is 19.5. The summed E-state index contributed by atoms with van der Waals surface area (Å²) in [5, 5.41) is 0. The molecule has 11 atom stereocenters. The summed E-state index contributed by atoms with van der Waals surface area (Å²) in [7, 11) is -5.49. The molecule has 288 valence electrons. The van der Waals surface area contributed by atoms with E-state index in [1.807, 2.05) is 18.2 Å². The van der Waals surface area contributed by atoms with Crippen LogP contribution in [0.1, 0.15) is 80.2 Å². The predicted octanol–water partition coefficient (Wildman–Crippen LogP) is 7.84. The molecule has 0 saturated carbocycles. The van der Waals surface area contributed by atoms with Gasteiger partial charge in [-0.15, -0.1) is 0 Å². The maximum absolute atomic E-state index is 7.42. The van der Waals surface area contributed by atoms with Crippen molar-refractivity contribution >= 4 is 17.1 Å². The van der Waals surface area contributed by atoms with E-state index in [1.165, 1.54) is 0 Å². The second-order valence-corrected chi connectivity index (χ2v) is 25.6. The van der Waals surface area contributed by atoms with E-state index in [0.29, 0.717) is 32.7 Å². The first-order valence-corrected chi connectivity index (χ1v) is 23.9. The van der Waals surface area contributed by atoms with Crippen molar-refractivity contribution in [1.82, 2.24) is 0 Å². The standard InChI is InChI=1S/C41H62O9Si2/c1-26(2)51(27(3)4)44-25-38-34(49-52(50-51,28(5)6)29(7)8)19-14-18-31-32(46-38)20-21-33-36(45-31)23-37-40(48-33)41(43-24-30-15-10-9-11-16-30)39-35(47-37)17-12-13-22-42-39/h9-16,19-21,26-29,31-41H,17-18,22-25H2,1-8H3/b19-14-/t31-,32+,33-,34+,35+,36+,37-,38-,39+,40-,41-/m1/s1. The van der Waals surface area contributed by atoms with Crippen LogP contribution in [0.15, 0.2) is 66.8 Å². The fraction of sp³-hybridized carbons (Fsp3) is 0.707. The largest absolute Gasteiger partial charge is 0.414 e. The Bertz CT molecular complexity index is 1400. The molecule has 6 aliphatic rings. The van der Waals surface area contributed by atoms with Crippen LogP contribution in [0.25, 0.3) is 0 Å². The van der Waals surface area contributed by atoms with E-state index in [-0.39, 0.29) is 89.3 Å². The van der Waals surface area contributed by atoms with Crippen LogP contribution in [0.2, 0.25) is 22.2 Å². The number of hydrogen-bond donors (Lipinski definition) is 0. The van der Waals surface area contributed by atoms with Crippen molar-refractivity contribution in [1.29, 1.82) is 0 Å². The van der Waals surface area contributed by atoms with Crippen LogP contribution in [0, 0.1) is 0 Å². The van der Waals surface area contributed by atoms with Gasteiger partial charge in [0, 0.05) is 6.42 Å². The topological polar surface area (TPSA) is 83.1 Å². The molecule has 6 heterocycles. The molecule has 1 aromatic rings. The summed E-state index contributed by atoms with van der Waals surface area (Å²) in [4.78, 5) is 0. The molecule has 3 saturated heterocycles. The Labute approximate surface area is 313 Å². The molecule has 3 fully saturated rings. The Morgan fingerprint density at radius 1 is 0.635 bits per heavy atom. The van der Waals surface area contributed by atoms with Crippen LogP contribution in [-0.4, -0.2) is 97.5 Å². The van der Waals surface area contributed by atoms with Gasteiger partial charge in [0.25, 0.3) is 0 Å². The Hall–Kier alpha value is -1.49. The van der Waals surface area contributed by atoms with Gasteiger partial charge in [-0.1, -0.05) is 122 Å². The van der Waals surface area contributed by atoms with E-state index in [9.17, 15) is 0 Å². The Balaban J connectivity index is 1.14. The van der Waals surface area contributed by atoms with E-state index in [0.717, 1.165) is 12.0 Å². The minimum Gasteiger partial charge on any atom is -0.414 e. The van der Waals surface area contributed by atoms with Crippen LogP contribution in [0.4, 0.5) is 0 Å². The second-order valence-electron chi connectivity index (χ2n) is 16.7. The lowest BCUT2D eigenvalue weighted by Gasteiger charge is -2.52. The summed E-state index contributed by atoms with van der Waals surface area (Å²) >= 11 is 0. The zero-order chi connectivity index (χ0) is 36.6. The number of rotatable bonds is 7. The molecule has 0 spiro atoms. The summed E-state index contributed by atoms with van der Waals surface area (Å²) < 4.78 is 62.6. The third-order valence-electron chi connectivity index (χ3n) is 12.0. The minimum absolute atomic E-state index is 0.109. The van der Waals surface area contributed by atoms with Gasteiger partial charge in [-0.25, -0.2) is 0 Å². The van der Waals surface area contributed by atoms with Crippen molar-refractivity contribution in [2.75, 3.05) is 13.2 Å². The van der Waals surface area contributed by atoms with E-state index >= 15 is 0 Å². The highest BCUT2D eigenvalue weighted by atomic mass is 28.5. The SMILES string of the molecule is CC(C)[Si]1(C(C)C)OC[C@H]2O[C@H]3C=C[C@H]4O[C@H]5[C@H](OCc6ccccc6)[C@H]6OCC=CC[C@@H]6O[C@@H]5C[C@@H]4O[C@@H]3C/C=C\[C@@H]2O[Si](C(C)C)(C(C)C)O1. The van der Waals surface area contributed by atoms with Gasteiger partial charge in [-0.2, -0.15) is 0 Å². The number of hydrogen-bond acceptors (Lipinski definition) is 9. The van der Waals surface area contributed by atoms with Gasteiger partial charge < -0.3 is 41.4 Å². The quantitative estimate of drug-likeness (QED) is 0.204. The smallest absolute Gasteiger partial charge is 0.335 e. The molecule has 0 N–H and O–H groups in total. The van der Waals surface area contributed by atoms with Crippen LogP contribution in [0.3, 0.4) is 0 Å². The van der Waals surface area contributed by atoms with Gasteiger partial charge in [0.1, 0.15) is 36.6 Å². The molecule has 0 radical (unpaired) electrons. The molecule has 0 amide bonds. The molecule has 1 aromatic carbocycles. The van der Waals surface area contributed by atoms with Crippen molar-refractivity contribution in [2.24, 2.45) is 0 Å². The highest BCUT2D eigenvalue weighted by Gasteiger charge is 2.59. The summed E-state index contributed by atoms with van der Waals surface area (Å²) in [5.74, 6) is 0. The number of ether oxygens (including phenoxy) is 6. The predicted molar refractivity (Wildman–Crippen MR) is 204 cm³/mol. The van der Waals surface area contributed by atoms with Gasteiger partial charge in [-0.05, 0) is 40.6 Å². The first kappa shape index (κ1) is 38.8. The van der Waals surface area contributed by atoms with Crippen molar-refractivity contribution < 1.29 is 41.4 Å². The van der Waals surface area contributed by atoms with E-state index in [2.05, 4.69) is 104 Å². The molecule has 7 rings (SSSR count). The van der Waals surface area contributed by atoms with Crippen molar-refractivity contribution in [3.05, 3.63) is 72.4 Å². The van der Waals surface area contributed by atoms with Gasteiger partial charge in [0.15, 0.2) is 0 Å². The zero-order valence-corrected chi connectivity index (χ0v) is 34.4. The average Bonchev–Trinajstić information content (AvgIpc) is 3.43. The molecule has 52 heavy (non-hydrogen) atoms. The lowest BCUT2D eigenvalue weighted by molar-refractivity contribution is -0.295. The normalized spacial score (nSPS) is 39.1. The molecule has 0 aliphatic carbocycles. The minimum atomic E-state index is -2.78. The third kappa shape index (κ3) is 7.67. The van der Waals surface area contributed by atoms with Gasteiger partial charge in [0.2, 0.25) is 0 Å². The number of fused-ring (bicyclic) bond motifs is 5. The first-order valence-electron chi connectivity index (χ1n) is 19.9. The highest BCUT2D eigenvalue weighted by Crippen LogP contribution is 2.47. The fourth-order valence-corrected chi connectivity index (χ4v) is 20.3. The molecule has 0 unspecified atom stereocenters. The Morgan fingerprint density at radius 2 is 1.31 bits per heavy atom. The fourth-order valence-electron chi connectivity index (χ4n) is 9.20. The maximum Gasteiger partial charge on any atom is 0.335 e.